The van der Waals surface area contributed by atoms with Crippen molar-refractivity contribution in [2.45, 2.75) is 78.6 Å². The molecule has 0 N–H and O–H groups in total. The van der Waals surface area contributed by atoms with Crippen LogP contribution in [0.15, 0.2) is 319 Å². The van der Waals surface area contributed by atoms with Gasteiger partial charge in [0.1, 0.15) is 11.2 Å². The Morgan fingerprint density at radius 1 is 0.287 bits per heavy atom. The third-order valence-electron chi connectivity index (χ3n) is 22.5. The quantitative estimate of drug-likeness (QED) is 0.165. The minimum absolute atomic E-state index is 0.0544. The topological polar surface area (TPSA) is 29.5 Å². The summed E-state index contributed by atoms with van der Waals surface area (Å²) in [6, 6.07) is 68.1. The SMILES string of the molecule is [2H]c1c([2H])c([2H])c2c(c1[2H])c1c([2H])c([2H])c([2H])c([2H])c1n2-c1ccc2c(c1)N1c3cc(C(C)(C)C)cc4c3B2c2ccc(-n3c5c([2H])c([2H])c([2H])c([2H])c5c5c([2H])c([2H])c([2H])c([2H])c53)cc2N4c2c(-c3ccccc3)cc(C(C)(C)C)cc2-c2cccc(c2)-c2ccc3oc4ccc(cc4c3c2)-c2cccc(c2)-c2cc(C(C)(C)C)cc(-c3ccccc3)c21. The van der Waals surface area contributed by atoms with Crippen LogP contribution in [0.2, 0.25) is 0 Å². The van der Waals surface area contributed by atoms with Gasteiger partial charge in [-0.05, 0) is 215 Å². The zero-order valence-electron chi connectivity index (χ0n) is 77.1. The van der Waals surface area contributed by atoms with Crippen molar-refractivity contribution in [2.75, 3.05) is 9.80 Å². The molecule has 0 aliphatic carbocycles. The first-order chi connectivity index (χ1) is 59.1. The number of furan rings is 1. The normalized spacial score (nSPS) is 15.2. The number of benzene rings is 15. The van der Waals surface area contributed by atoms with Crippen molar-refractivity contribution in [3.63, 3.8) is 0 Å². The number of para-hydroxylation sites is 4. The first kappa shape index (κ1) is 49.2. The van der Waals surface area contributed by atoms with Crippen LogP contribution in [-0.4, -0.2) is 15.8 Å². The van der Waals surface area contributed by atoms with Gasteiger partial charge < -0.3 is 23.4 Å². The van der Waals surface area contributed by atoms with Gasteiger partial charge in [0.05, 0.1) is 55.4 Å². The maximum absolute atomic E-state index is 9.97. The van der Waals surface area contributed by atoms with Crippen LogP contribution >= 0.6 is 0 Å². The molecule has 0 fully saturated rings. The lowest BCUT2D eigenvalue weighted by molar-refractivity contribution is 0.590. The lowest BCUT2D eigenvalue weighted by atomic mass is 9.33. The van der Waals surface area contributed by atoms with E-state index < -0.39 is 120 Å². The van der Waals surface area contributed by atoms with Gasteiger partial charge in [-0.1, -0.05) is 256 Å². The van der Waals surface area contributed by atoms with Gasteiger partial charge in [-0.25, -0.2) is 0 Å². The molecule has 13 bridgehead atoms. The van der Waals surface area contributed by atoms with Crippen molar-refractivity contribution in [3.05, 3.63) is 332 Å². The lowest BCUT2D eigenvalue weighted by Crippen LogP contribution is -2.61. The van der Waals surface area contributed by atoms with Gasteiger partial charge in [-0.15, -0.1) is 0 Å². The zero-order valence-corrected chi connectivity index (χ0v) is 61.1. The molecule has 0 atom stereocenters. The molecule has 0 saturated heterocycles. The fraction of sp³-hybridized carbons (Fsp3) is 0.118. The molecular formula is C102H79BN4O. The van der Waals surface area contributed by atoms with Crippen LogP contribution in [0.3, 0.4) is 0 Å². The van der Waals surface area contributed by atoms with E-state index in [1.54, 1.807) is 9.13 Å². The number of anilines is 6. The molecule has 108 heavy (non-hydrogen) atoms. The van der Waals surface area contributed by atoms with E-state index in [0.29, 0.717) is 22.7 Å². The van der Waals surface area contributed by atoms with E-state index in [4.69, 9.17) is 9.90 Å². The molecule has 0 unspecified atom stereocenters. The minimum Gasteiger partial charge on any atom is -0.456 e. The van der Waals surface area contributed by atoms with E-state index in [1.807, 2.05) is 84.9 Å². The fourth-order valence-electron chi connectivity index (χ4n) is 17.1. The van der Waals surface area contributed by atoms with Gasteiger partial charge in [0.25, 0.3) is 6.71 Å². The van der Waals surface area contributed by atoms with Crippen LogP contribution in [0.25, 0.3) is 144 Å². The third kappa shape index (κ3) is 9.78. The van der Waals surface area contributed by atoms with Crippen molar-refractivity contribution in [1.29, 1.82) is 0 Å². The summed E-state index contributed by atoms with van der Waals surface area (Å²) in [5.74, 6) is 0. The van der Waals surface area contributed by atoms with E-state index in [2.05, 4.69) is 206 Å². The number of aromatic nitrogens is 2. The number of hydrogen-bond donors (Lipinski definition) is 0. The summed E-state index contributed by atoms with van der Waals surface area (Å²) in [6.45, 7) is 19.1. The summed E-state index contributed by atoms with van der Waals surface area (Å²) in [5, 5.41) is 1.55. The Kier molecular flexibility index (Phi) is 10.7. The largest absolute Gasteiger partial charge is 0.456 e. The monoisotopic (exact) mass is 1400 g/mol. The number of rotatable bonds is 4. The minimum atomic E-state index is -0.791. The highest BCUT2D eigenvalue weighted by molar-refractivity contribution is 7.00. The van der Waals surface area contributed by atoms with Gasteiger partial charge in [-0.2, -0.15) is 0 Å². The van der Waals surface area contributed by atoms with E-state index >= 15 is 0 Å². The predicted octanol–water partition coefficient (Wildman–Crippen LogP) is 26.1. The second-order valence-corrected chi connectivity index (χ2v) is 32.1. The van der Waals surface area contributed by atoms with Crippen molar-refractivity contribution >= 4 is 123 Å². The van der Waals surface area contributed by atoms with Gasteiger partial charge in [0.2, 0.25) is 0 Å². The average molecular weight is 1400 g/mol. The first-order valence-electron chi connectivity index (χ1n) is 44.8. The summed E-state index contributed by atoms with van der Waals surface area (Å²) >= 11 is 0. The Morgan fingerprint density at radius 2 is 0.620 bits per heavy atom. The molecule has 5 nitrogen and oxygen atoms in total. The van der Waals surface area contributed by atoms with E-state index in [0.717, 1.165) is 145 Å². The third-order valence-corrected chi connectivity index (χ3v) is 22.5. The zero-order chi connectivity index (χ0) is 86.7. The standard InChI is InChI=1S/C102H79BN4O/c1-100(2,3)70-54-79(62-26-12-10-13-27-62)98-81(56-70)68-32-24-30-64(50-68)66-42-48-95-83(52-66)84-53-67(43-49-96(84)108-95)65-31-25-33-69(51-65)82-57-71(101(4,5)6)55-80(63-28-14-11-15-29-63)99(82)107-92-61-74(105-89-40-22-18-36-77(89)78-37-19-23-41-90(78)105)45-47-86(92)103-85-46-44-73(104-87-38-20-16-34-75(87)76-35-17-21-39-88(76)104)60-91(85)106(98)93-58-72(102(7,8)9)59-94(107)97(93)103/h10-61H,1-9H3/i16D,17D,18D,19D,20D,21D,22D,23D,34D,35D,36D,37D,38D,39D,40D,41D. The van der Waals surface area contributed by atoms with Gasteiger partial charge in [-0.3, -0.25) is 0 Å². The predicted molar refractivity (Wildman–Crippen MR) is 459 cm³/mol. The summed E-state index contributed by atoms with van der Waals surface area (Å²) in [7, 11) is 0. The maximum Gasteiger partial charge on any atom is 0.252 e. The van der Waals surface area contributed by atoms with E-state index in [-0.39, 0.29) is 43.6 Å². The molecule has 3 aromatic heterocycles. The van der Waals surface area contributed by atoms with Crippen LogP contribution < -0.4 is 26.2 Å². The molecule has 15 aromatic carbocycles. The second-order valence-electron chi connectivity index (χ2n) is 32.1. The summed E-state index contributed by atoms with van der Waals surface area (Å²) < 4.78 is 163. The highest BCUT2D eigenvalue weighted by atomic mass is 16.3. The smallest absolute Gasteiger partial charge is 0.252 e. The Labute approximate surface area is 653 Å². The highest BCUT2D eigenvalue weighted by Gasteiger charge is 2.47. The number of fused-ring (bicyclic) bond motifs is 26. The summed E-state index contributed by atoms with van der Waals surface area (Å²) in [4.78, 5) is 4.73. The van der Waals surface area contributed by atoms with Crippen molar-refractivity contribution in [1.82, 2.24) is 9.13 Å². The van der Waals surface area contributed by atoms with Crippen molar-refractivity contribution in [2.24, 2.45) is 0 Å². The highest BCUT2D eigenvalue weighted by Crippen LogP contribution is 2.56. The average Bonchev–Trinajstić information content (AvgIpc) is 1.73. The van der Waals surface area contributed by atoms with E-state index in [9.17, 15) is 16.4 Å². The molecule has 21 rings (SSSR count). The van der Waals surface area contributed by atoms with Crippen molar-refractivity contribution in [3.8, 4) is 78.1 Å². The molecule has 0 radical (unpaired) electrons. The molecule has 3 aliphatic heterocycles. The second kappa shape index (κ2) is 23.4. The van der Waals surface area contributed by atoms with E-state index in [1.165, 1.54) is 0 Å². The van der Waals surface area contributed by atoms with Gasteiger partial charge in [0, 0.05) is 88.7 Å². The molecule has 6 heterocycles. The molecule has 516 valence electrons. The molecule has 0 amide bonds. The van der Waals surface area contributed by atoms with Gasteiger partial charge in [0.15, 0.2) is 0 Å². The Morgan fingerprint density at radius 3 is 1.00 bits per heavy atom. The number of hydrogen-bond acceptors (Lipinski definition) is 3. The summed E-state index contributed by atoms with van der Waals surface area (Å²) in [5.41, 5.74) is 20.3. The number of nitrogens with zero attached hydrogens (tertiary/aromatic N) is 4. The Bertz CT molecular complexity index is 7250. The Balaban J connectivity index is 1.01. The first-order valence-corrected chi connectivity index (χ1v) is 36.8. The lowest BCUT2D eigenvalue weighted by Gasteiger charge is -2.47. The van der Waals surface area contributed by atoms with Crippen LogP contribution in [0.4, 0.5) is 34.1 Å². The molecule has 0 saturated carbocycles. The van der Waals surface area contributed by atoms with Crippen LogP contribution in [0.5, 0.6) is 0 Å². The Hall–Kier alpha value is -12.6. The fourth-order valence-corrected chi connectivity index (χ4v) is 17.1. The molecule has 18 aromatic rings. The molecule has 6 heteroatoms. The maximum atomic E-state index is 9.97. The summed E-state index contributed by atoms with van der Waals surface area (Å²) in [6.07, 6.45) is 0. The molecular weight excluding hydrogens is 1310 g/mol. The van der Waals surface area contributed by atoms with Gasteiger partial charge >= 0.3 is 0 Å². The van der Waals surface area contributed by atoms with Crippen molar-refractivity contribution < 1.29 is 26.3 Å². The molecule has 0 spiro atoms. The van der Waals surface area contributed by atoms with Crippen LogP contribution in [0, 0.1) is 0 Å². The molecule has 3 aliphatic rings. The van der Waals surface area contributed by atoms with Crippen LogP contribution in [0.1, 0.15) is 101 Å². The van der Waals surface area contributed by atoms with Crippen LogP contribution in [-0.2, 0) is 16.2 Å².